The maximum atomic E-state index is 12.1. The van der Waals surface area contributed by atoms with Gasteiger partial charge in [0.2, 0.25) is 0 Å². The zero-order valence-electron chi connectivity index (χ0n) is 12.3. The lowest BCUT2D eigenvalue weighted by Crippen LogP contribution is -2.30. The predicted octanol–water partition coefficient (Wildman–Crippen LogP) is 3.31. The maximum Gasteiger partial charge on any atom is 0.310 e. The van der Waals surface area contributed by atoms with Gasteiger partial charge in [-0.2, -0.15) is 0 Å². The molecule has 1 amide bonds. The van der Waals surface area contributed by atoms with E-state index in [-0.39, 0.29) is 17.3 Å². The number of aryl methyl sites for hydroxylation is 1. The average molecular weight is 300 g/mol. The number of anilines is 1. The number of nitro benzene ring substituents is 1. The Morgan fingerprint density at radius 1 is 1.23 bits per heavy atom. The van der Waals surface area contributed by atoms with Crippen LogP contribution in [0.3, 0.4) is 0 Å². The topological polar surface area (TPSA) is 81.5 Å². The summed E-state index contributed by atoms with van der Waals surface area (Å²) in [6, 6.07) is 13.3. The van der Waals surface area contributed by atoms with Crippen molar-refractivity contribution in [3.63, 3.8) is 0 Å². The molecule has 1 unspecified atom stereocenters. The largest absolute Gasteiger partial charge is 0.474 e. The number of para-hydroxylation sites is 2. The van der Waals surface area contributed by atoms with Gasteiger partial charge in [0.25, 0.3) is 5.91 Å². The van der Waals surface area contributed by atoms with Gasteiger partial charge < -0.3 is 10.1 Å². The van der Waals surface area contributed by atoms with Gasteiger partial charge in [-0.25, -0.2) is 0 Å². The molecule has 22 heavy (non-hydrogen) atoms. The van der Waals surface area contributed by atoms with Crippen LogP contribution in [0.5, 0.6) is 5.75 Å². The van der Waals surface area contributed by atoms with Crippen LogP contribution >= 0.6 is 0 Å². The smallest absolute Gasteiger partial charge is 0.310 e. The second kappa shape index (κ2) is 6.71. The molecule has 0 fully saturated rings. The number of nitro groups is 1. The van der Waals surface area contributed by atoms with Crippen LogP contribution in [0.25, 0.3) is 0 Å². The quantitative estimate of drug-likeness (QED) is 0.678. The van der Waals surface area contributed by atoms with Crippen LogP contribution in [0.1, 0.15) is 12.5 Å². The number of amides is 1. The molecule has 0 saturated carbocycles. The first-order valence-electron chi connectivity index (χ1n) is 6.75. The number of nitrogens with zero attached hydrogens (tertiary/aromatic N) is 1. The Balaban J connectivity index is 2.07. The third-order valence-corrected chi connectivity index (χ3v) is 3.02. The minimum absolute atomic E-state index is 0.0689. The van der Waals surface area contributed by atoms with Crippen LogP contribution in [0.2, 0.25) is 0 Å². The van der Waals surface area contributed by atoms with Crippen molar-refractivity contribution in [3.8, 4) is 5.75 Å². The van der Waals surface area contributed by atoms with E-state index in [0.29, 0.717) is 5.69 Å². The number of hydrogen-bond acceptors (Lipinski definition) is 4. The van der Waals surface area contributed by atoms with Crippen LogP contribution < -0.4 is 10.1 Å². The second-order valence-corrected chi connectivity index (χ2v) is 4.84. The Labute approximate surface area is 127 Å². The standard InChI is InChI=1S/C16H16N2O4/c1-11-6-5-7-13(10-11)17-16(19)12(2)22-15-9-4-3-8-14(15)18(20)21/h3-10,12H,1-2H3,(H,17,19). The molecular formula is C16H16N2O4. The maximum absolute atomic E-state index is 12.1. The third-order valence-electron chi connectivity index (χ3n) is 3.02. The molecule has 2 aromatic rings. The normalized spacial score (nSPS) is 11.5. The Kier molecular flexibility index (Phi) is 4.73. The van der Waals surface area contributed by atoms with Gasteiger partial charge in [0.05, 0.1) is 4.92 Å². The minimum atomic E-state index is -0.860. The van der Waals surface area contributed by atoms with Crippen molar-refractivity contribution in [1.82, 2.24) is 0 Å². The van der Waals surface area contributed by atoms with Crippen LogP contribution in [0.4, 0.5) is 11.4 Å². The van der Waals surface area contributed by atoms with Gasteiger partial charge in [0.15, 0.2) is 11.9 Å². The monoisotopic (exact) mass is 300 g/mol. The summed E-state index contributed by atoms with van der Waals surface area (Å²) < 4.78 is 5.42. The fourth-order valence-corrected chi connectivity index (χ4v) is 1.92. The van der Waals surface area contributed by atoms with E-state index in [1.165, 1.54) is 12.1 Å². The van der Waals surface area contributed by atoms with E-state index in [1.54, 1.807) is 25.1 Å². The van der Waals surface area contributed by atoms with E-state index in [4.69, 9.17) is 4.74 Å². The third kappa shape index (κ3) is 3.82. The lowest BCUT2D eigenvalue weighted by Gasteiger charge is -2.14. The fourth-order valence-electron chi connectivity index (χ4n) is 1.92. The van der Waals surface area contributed by atoms with Crippen LogP contribution in [0.15, 0.2) is 48.5 Å². The highest BCUT2D eigenvalue weighted by Gasteiger charge is 2.20. The molecule has 6 heteroatoms. The highest BCUT2D eigenvalue weighted by molar-refractivity contribution is 5.94. The van der Waals surface area contributed by atoms with Crippen molar-refractivity contribution < 1.29 is 14.5 Å². The number of ether oxygens (including phenoxy) is 1. The van der Waals surface area contributed by atoms with Crippen molar-refractivity contribution >= 4 is 17.3 Å². The number of rotatable bonds is 5. The second-order valence-electron chi connectivity index (χ2n) is 4.84. The molecule has 2 aromatic carbocycles. The molecule has 1 atom stereocenters. The van der Waals surface area contributed by atoms with E-state index in [1.807, 2.05) is 25.1 Å². The molecule has 0 aliphatic rings. The lowest BCUT2D eigenvalue weighted by molar-refractivity contribution is -0.386. The van der Waals surface area contributed by atoms with Gasteiger partial charge in [0.1, 0.15) is 0 Å². The molecular weight excluding hydrogens is 284 g/mol. The number of benzene rings is 2. The Morgan fingerprint density at radius 3 is 2.64 bits per heavy atom. The first-order valence-corrected chi connectivity index (χ1v) is 6.75. The lowest BCUT2D eigenvalue weighted by atomic mass is 10.2. The Morgan fingerprint density at radius 2 is 1.95 bits per heavy atom. The molecule has 0 radical (unpaired) electrons. The molecule has 0 bridgehead atoms. The molecule has 0 saturated heterocycles. The molecule has 2 rings (SSSR count). The summed E-state index contributed by atoms with van der Waals surface area (Å²) in [5.41, 5.74) is 1.51. The van der Waals surface area contributed by atoms with Crippen molar-refractivity contribution in [3.05, 3.63) is 64.2 Å². The number of nitrogens with one attached hydrogen (secondary N) is 1. The molecule has 6 nitrogen and oxygen atoms in total. The zero-order chi connectivity index (χ0) is 16.1. The Hall–Kier alpha value is -2.89. The number of hydrogen-bond donors (Lipinski definition) is 1. The minimum Gasteiger partial charge on any atom is -0.474 e. The van der Waals surface area contributed by atoms with Crippen LogP contribution in [-0.4, -0.2) is 16.9 Å². The summed E-state index contributed by atoms with van der Waals surface area (Å²) in [6.45, 7) is 3.46. The summed E-state index contributed by atoms with van der Waals surface area (Å²) in [5, 5.41) is 13.6. The first kappa shape index (κ1) is 15.5. The van der Waals surface area contributed by atoms with Crippen molar-refractivity contribution in [2.24, 2.45) is 0 Å². The van der Waals surface area contributed by atoms with Gasteiger partial charge in [0, 0.05) is 11.8 Å². The van der Waals surface area contributed by atoms with E-state index < -0.39 is 11.0 Å². The van der Waals surface area contributed by atoms with E-state index in [0.717, 1.165) is 5.56 Å². The van der Waals surface area contributed by atoms with Gasteiger partial charge in [-0.1, -0.05) is 24.3 Å². The highest BCUT2D eigenvalue weighted by Crippen LogP contribution is 2.27. The average Bonchev–Trinajstić information content (AvgIpc) is 2.47. The molecule has 0 aliphatic carbocycles. The SMILES string of the molecule is Cc1cccc(NC(=O)C(C)Oc2ccccc2[N+](=O)[O-])c1. The zero-order valence-corrected chi connectivity index (χ0v) is 12.3. The molecule has 0 aliphatic heterocycles. The highest BCUT2D eigenvalue weighted by atomic mass is 16.6. The van der Waals surface area contributed by atoms with Crippen molar-refractivity contribution in [2.75, 3.05) is 5.32 Å². The summed E-state index contributed by atoms with van der Waals surface area (Å²) in [7, 11) is 0. The molecule has 114 valence electrons. The summed E-state index contributed by atoms with van der Waals surface area (Å²) >= 11 is 0. The van der Waals surface area contributed by atoms with Crippen molar-refractivity contribution in [2.45, 2.75) is 20.0 Å². The number of carbonyl (C=O) groups is 1. The van der Waals surface area contributed by atoms with E-state index >= 15 is 0 Å². The summed E-state index contributed by atoms with van der Waals surface area (Å²) in [6.07, 6.45) is -0.860. The summed E-state index contributed by atoms with van der Waals surface area (Å²) in [5.74, 6) is -0.303. The van der Waals surface area contributed by atoms with E-state index in [2.05, 4.69) is 5.32 Å². The fraction of sp³-hybridized carbons (Fsp3) is 0.188. The van der Waals surface area contributed by atoms with Gasteiger partial charge >= 0.3 is 5.69 Å². The van der Waals surface area contributed by atoms with Gasteiger partial charge in [-0.15, -0.1) is 0 Å². The molecule has 0 heterocycles. The van der Waals surface area contributed by atoms with Gasteiger partial charge in [-0.3, -0.25) is 14.9 Å². The molecule has 0 aromatic heterocycles. The van der Waals surface area contributed by atoms with Crippen LogP contribution in [-0.2, 0) is 4.79 Å². The Bertz CT molecular complexity index is 700. The van der Waals surface area contributed by atoms with Crippen LogP contribution in [0, 0.1) is 17.0 Å². The summed E-state index contributed by atoms with van der Waals surface area (Å²) in [4.78, 5) is 22.5. The molecule has 1 N–H and O–H groups in total. The van der Waals surface area contributed by atoms with E-state index in [9.17, 15) is 14.9 Å². The molecule has 0 spiro atoms. The number of carbonyl (C=O) groups excluding carboxylic acids is 1. The predicted molar refractivity (Wildman–Crippen MR) is 83.0 cm³/mol. The van der Waals surface area contributed by atoms with Crippen molar-refractivity contribution in [1.29, 1.82) is 0 Å². The first-order chi connectivity index (χ1) is 10.5. The van der Waals surface area contributed by atoms with Gasteiger partial charge in [-0.05, 0) is 37.6 Å².